The molecule has 1 unspecified atom stereocenters. The molecule has 19 heavy (non-hydrogen) atoms. The van der Waals surface area contributed by atoms with E-state index >= 15 is 0 Å². The van der Waals surface area contributed by atoms with Gasteiger partial charge in [-0.1, -0.05) is 12.1 Å². The molecule has 0 aliphatic rings. The molecule has 5 heteroatoms. The van der Waals surface area contributed by atoms with E-state index in [2.05, 4.69) is 47.4 Å². The van der Waals surface area contributed by atoms with Gasteiger partial charge in [0, 0.05) is 19.2 Å². The number of benzene rings is 1. The van der Waals surface area contributed by atoms with Crippen molar-refractivity contribution in [3.63, 3.8) is 0 Å². The van der Waals surface area contributed by atoms with Crippen LogP contribution in [0.3, 0.4) is 0 Å². The number of aromatic nitrogens is 3. The molecule has 0 spiro atoms. The van der Waals surface area contributed by atoms with E-state index in [4.69, 9.17) is 5.11 Å². The molecule has 102 valence electrons. The Morgan fingerprint density at radius 2 is 2.26 bits per heavy atom. The Hall–Kier alpha value is -1.72. The first kappa shape index (κ1) is 13.7. The number of hydrogen-bond donors (Lipinski definition) is 2. The monoisotopic (exact) mass is 260 g/mol. The van der Waals surface area contributed by atoms with Crippen LogP contribution in [0.25, 0.3) is 5.69 Å². The summed E-state index contributed by atoms with van der Waals surface area (Å²) in [5.74, 6) is 0. The van der Waals surface area contributed by atoms with E-state index in [0.717, 1.165) is 18.7 Å². The summed E-state index contributed by atoms with van der Waals surface area (Å²) in [7, 11) is 0. The van der Waals surface area contributed by atoms with E-state index in [1.165, 1.54) is 17.5 Å². The van der Waals surface area contributed by atoms with Gasteiger partial charge in [-0.15, -0.1) is 0 Å². The molecule has 0 aliphatic heterocycles. The molecule has 2 aromatic rings. The van der Waals surface area contributed by atoms with Gasteiger partial charge in [0.2, 0.25) is 0 Å². The molecule has 2 N–H and O–H groups in total. The van der Waals surface area contributed by atoms with E-state index in [9.17, 15) is 0 Å². The third kappa shape index (κ3) is 3.62. The summed E-state index contributed by atoms with van der Waals surface area (Å²) in [4.78, 5) is 3.96. The van der Waals surface area contributed by atoms with Crippen molar-refractivity contribution in [1.82, 2.24) is 20.1 Å². The number of aliphatic hydroxyl groups excluding tert-OH is 1. The molecule has 1 heterocycles. The molecule has 1 aromatic heterocycles. The van der Waals surface area contributed by atoms with Gasteiger partial charge in [0.15, 0.2) is 0 Å². The van der Waals surface area contributed by atoms with E-state index in [0.29, 0.717) is 6.04 Å². The van der Waals surface area contributed by atoms with Crippen LogP contribution in [0.1, 0.15) is 24.5 Å². The molecule has 0 bridgehead atoms. The molecule has 2 rings (SSSR count). The molecule has 1 aromatic carbocycles. The second-order valence-electron chi connectivity index (χ2n) is 4.76. The summed E-state index contributed by atoms with van der Waals surface area (Å²) in [5.41, 5.74) is 3.44. The van der Waals surface area contributed by atoms with E-state index in [-0.39, 0.29) is 6.61 Å². The zero-order chi connectivity index (χ0) is 13.7. The second kappa shape index (κ2) is 6.45. The Bertz CT molecular complexity index is 510. The van der Waals surface area contributed by atoms with Crippen molar-refractivity contribution in [2.45, 2.75) is 32.9 Å². The molecule has 1 atom stereocenters. The van der Waals surface area contributed by atoms with Crippen molar-refractivity contribution < 1.29 is 5.11 Å². The molecule has 0 fully saturated rings. The van der Waals surface area contributed by atoms with Gasteiger partial charge in [-0.25, -0.2) is 9.67 Å². The number of nitrogens with zero attached hydrogens (tertiary/aromatic N) is 3. The molecule has 0 saturated heterocycles. The van der Waals surface area contributed by atoms with Crippen LogP contribution in [-0.2, 0) is 6.54 Å². The number of rotatable bonds is 6. The quantitative estimate of drug-likeness (QED) is 0.825. The fourth-order valence-corrected chi connectivity index (χ4v) is 2.00. The van der Waals surface area contributed by atoms with Crippen LogP contribution in [0.2, 0.25) is 0 Å². The number of aliphatic hydroxyl groups is 1. The Morgan fingerprint density at radius 1 is 1.42 bits per heavy atom. The van der Waals surface area contributed by atoms with Crippen LogP contribution in [-0.4, -0.2) is 32.5 Å². The largest absolute Gasteiger partial charge is 0.396 e. The topological polar surface area (TPSA) is 63.0 Å². The summed E-state index contributed by atoms with van der Waals surface area (Å²) in [6.45, 7) is 5.17. The van der Waals surface area contributed by atoms with Gasteiger partial charge in [0.05, 0.1) is 5.69 Å². The van der Waals surface area contributed by atoms with E-state index < -0.39 is 0 Å². The lowest BCUT2D eigenvalue weighted by Crippen LogP contribution is -2.26. The Morgan fingerprint density at radius 3 is 2.89 bits per heavy atom. The highest BCUT2D eigenvalue weighted by Crippen LogP contribution is 2.14. The third-order valence-electron chi connectivity index (χ3n) is 3.14. The van der Waals surface area contributed by atoms with Crippen molar-refractivity contribution in [2.24, 2.45) is 0 Å². The standard InChI is InChI=1S/C14H20N4O/c1-11-7-13(8-16-12(2)5-6-19)3-4-14(11)18-10-15-9-17-18/h3-4,7,9-10,12,16,19H,5-6,8H2,1-2H3. The molecule has 0 aliphatic carbocycles. The minimum Gasteiger partial charge on any atom is -0.396 e. The third-order valence-corrected chi connectivity index (χ3v) is 3.14. The summed E-state index contributed by atoms with van der Waals surface area (Å²) in [5, 5.41) is 16.4. The smallest absolute Gasteiger partial charge is 0.138 e. The highest BCUT2D eigenvalue weighted by molar-refractivity contribution is 5.41. The Kier molecular flexibility index (Phi) is 4.65. The molecule has 5 nitrogen and oxygen atoms in total. The first-order chi connectivity index (χ1) is 9.20. The van der Waals surface area contributed by atoms with Crippen molar-refractivity contribution in [3.05, 3.63) is 42.0 Å². The lowest BCUT2D eigenvalue weighted by atomic mass is 10.1. The molecule has 0 radical (unpaired) electrons. The fraction of sp³-hybridized carbons (Fsp3) is 0.429. The summed E-state index contributed by atoms with van der Waals surface area (Å²) in [6, 6.07) is 6.61. The van der Waals surface area contributed by atoms with Crippen LogP contribution >= 0.6 is 0 Å². The van der Waals surface area contributed by atoms with Crippen LogP contribution in [0, 0.1) is 6.92 Å². The van der Waals surface area contributed by atoms with Crippen molar-refractivity contribution in [1.29, 1.82) is 0 Å². The van der Waals surface area contributed by atoms with Gasteiger partial charge in [-0.05, 0) is 37.5 Å². The number of aryl methyl sites for hydroxylation is 1. The van der Waals surface area contributed by atoms with Gasteiger partial charge in [0.25, 0.3) is 0 Å². The maximum atomic E-state index is 8.86. The Labute approximate surface area is 113 Å². The number of nitrogens with one attached hydrogen (secondary N) is 1. The zero-order valence-corrected chi connectivity index (χ0v) is 11.4. The van der Waals surface area contributed by atoms with Crippen LogP contribution in [0.5, 0.6) is 0 Å². The molecular formula is C14H20N4O. The lowest BCUT2D eigenvalue weighted by Gasteiger charge is -2.13. The minimum atomic E-state index is 0.221. The molecule has 0 saturated carbocycles. The number of hydrogen-bond acceptors (Lipinski definition) is 4. The summed E-state index contributed by atoms with van der Waals surface area (Å²) in [6.07, 6.45) is 4.01. The first-order valence-electron chi connectivity index (χ1n) is 6.49. The van der Waals surface area contributed by atoms with Crippen molar-refractivity contribution >= 4 is 0 Å². The van der Waals surface area contributed by atoms with Gasteiger partial charge >= 0.3 is 0 Å². The van der Waals surface area contributed by atoms with Crippen molar-refractivity contribution in [2.75, 3.05) is 6.61 Å². The second-order valence-corrected chi connectivity index (χ2v) is 4.76. The highest BCUT2D eigenvalue weighted by atomic mass is 16.3. The first-order valence-corrected chi connectivity index (χ1v) is 6.49. The fourth-order valence-electron chi connectivity index (χ4n) is 2.00. The van der Waals surface area contributed by atoms with E-state index in [1.807, 2.05) is 0 Å². The maximum absolute atomic E-state index is 8.86. The van der Waals surface area contributed by atoms with Gasteiger partial charge in [-0.2, -0.15) is 5.10 Å². The average Bonchev–Trinajstić information content (AvgIpc) is 2.90. The summed E-state index contributed by atoms with van der Waals surface area (Å²) < 4.78 is 1.76. The van der Waals surface area contributed by atoms with Crippen LogP contribution in [0.4, 0.5) is 0 Å². The SMILES string of the molecule is Cc1cc(CNC(C)CCO)ccc1-n1cncn1. The van der Waals surface area contributed by atoms with Crippen LogP contribution in [0.15, 0.2) is 30.9 Å². The van der Waals surface area contributed by atoms with Crippen LogP contribution < -0.4 is 5.32 Å². The molecule has 0 amide bonds. The highest BCUT2D eigenvalue weighted by Gasteiger charge is 2.04. The Balaban J connectivity index is 2.03. The average molecular weight is 260 g/mol. The summed E-state index contributed by atoms with van der Waals surface area (Å²) >= 11 is 0. The predicted octanol–water partition coefficient (Wildman–Crippen LogP) is 1.44. The van der Waals surface area contributed by atoms with Gasteiger partial charge < -0.3 is 10.4 Å². The zero-order valence-electron chi connectivity index (χ0n) is 11.4. The van der Waals surface area contributed by atoms with E-state index in [1.54, 1.807) is 11.0 Å². The maximum Gasteiger partial charge on any atom is 0.138 e. The van der Waals surface area contributed by atoms with Gasteiger partial charge in [0.1, 0.15) is 12.7 Å². The lowest BCUT2D eigenvalue weighted by molar-refractivity contribution is 0.268. The minimum absolute atomic E-state index is 0.221. The normalized spacial score (nSPS) is 12.6. The predicted molar refractivity (Wildman–Crippen MR) is 74.1 cm³/mol. The van der Waals surface area contributed by atoms with Crippen molar-refractivity contribution in [3.8, 4) is 5.69 Å². The molecular weight excluding hydrogens is 240 g/mol. The van der Waals surface area contributed by atoms with Gasteiger partial charge in [-0.3, -0.25) is 0 Å².